The number of nitrogens with two attached hydrogens (primary N) is 2. The summed E-state index contributed by atoms with van der Waals surface area (Å²) in [5, 5.41) is 3.45. The Morgan fingerprint density at radius 2 is 1.43 bits per heavy atom. The van der Waals surface area contributed by atoms with Crippen LogP contribution in [0.5, 0.6) is 0 Å². The third-order valence-corrected chi connectivity index (χ3v) is 7.51. The number of hydrogen-bond donors (Lipinski definition) is 3. The largest absolute Gasteiger partial charge is 0.398 e. The van der Waals surface area contributed by atoms with Crippen molar-refractivity contribution in [2.45, 2.75) is 32.2 Å². The fraction of sp³-hybridized carbons (Fsp3) is 0.310. The fourth-order valence-electron chi connectivity index (χ4n) is 5.77. The monoisotopic (exact) mass is 469 g/mol. The van der Waals surface area contributed by atoms with Crippen molar-refractivity contribution >= 4 is 28.6 Å². The lowest BCUT2D eigenvalue weighted by Crippen LogP contribution is -2.51. The molecule has 1 saturated heterocycles. The van der Waals surface area contributed by atoms with Gasteiger partial charge in [0.05, 0.1) is 36.3 Å². The van der Waals surface area contributed by atoms with E-state index in [1.807, 2.05) is 12.1 Å². The molecule has 0 bridgehead atoms. The van der Waals surface area contributed by atoms with Gasteiger partial charge in [-0.05, 0) is 37.5 Å². The highest BCUT2D eigenvalue weighted by Crippen LogP contribution is 2.37. The zero-order valence-electron chi connectivity index (χ0n) is 20.1. The molecule has 0 spiro atoms. The van der Waals surface area contributed by atoms with Gasteiger partial charge in [0.1, 0.15) is 6.54 Å². The van der Waals surface area contributed by atoms with Gasteiger partial charge in [-0.3, -0.25) is 9.59 Å². The number of nitrogens with zero attached hydrogens (tertiary/aromatic N) is 1. The first-order valence-electron chi connectivity index (χ1n) is 12.5. The SMILES string of the molecule is Nc1ccc(N)c2c1C(=O)c1cccc(NCCC[N+]3(Cc4ccccc4)CCCCC3)c1C2=O. The molecule has 1 aliphatic heterocycles. The Morgan fingerprint density at radius 1 is 0.743 bits per heavy atom. The Morgan fingerprint density at radius 3 is 2.14 bits per heavy atom. The molecule has 0 amide bonds. The van der Waals surface area contributed by atoms with E-state index < -0.39 is 0 Å². The molecule has 35 heavy (non-hydrogen) atoms. The predicted molar refractivity (Wildman–Crippen MR) is 141 cm³/mol. The molecule has 0 atom stereocenters. The zero-order valence-corrected chi connectivity index (χ0v) is 20.1. The van der Waals surface area contributed by atoms with Crippen molar-refractivity contribution in [3.63, 3.8) is 0 Å². The minimum Gasteiger partial charge on any atom is -0.398 e. The second-order valence-corrected chi connectivity index (χ2v) is 9.88. The molecule has 0 radical (unpaired) electrons. The predicted octanol–water partition coefficient (Wildman–Crippen LogP) is 4.63. The molecule has 0 aromatic heterocycles. The Balaban J connectivity index is 1.32. The maximum absolute atomic E-state index is 13.5. The van der Waals surface area contributed by atoms with Crippen molar-refractivity contribution in [2.75, 3.05) is 43.0 Å². The number of carbonyl (C=O) groups is 2. The van der Waals surface area contributed by atoms with Gasteiger partial charge in [-0.2, -0.15) is 0 Å². The molecule has 0 saturated carbocycles. The minimum absolute atomic E-state index is 0.220. The van der Waals surface area contributed by atoms with E-state index in [9.17, 15) is 9.59 Å². The van der Waals surface area contributed by atoms with Crippen LogP contribution in [0.3, 0.4) is 0 Å². The van der Waals surface area contributed by atoms with E-state index >= 15 is 0 Å². The van der Waals surface area contributed by atoms with Crippen LogP contribution >= 0.6 is 0 Å². The second-order valence-electron chi connectivity index (χ2n) is 9.88. The molecule has 1 aliphatic carbocycles. The first kappa shape index (κ1) is 23.1. The van der Waals surface area contributed by atoms with Crippen LogP contribution in [0.25, 0.3) is 0 Å². The van der Waals surface area contributed by atoms with E-state index in [0.717, 1.165) is 30.5 Å². The minimum atomic E-state index is -0.247. The van der Waals surface area contributed by atoms with Gasteiger partial charge in [0.2, 0.25) is 0 Å². The van der Waals surface area contributed by atoms with Crippen LogP contribution in [-0.4, -0.2) is 42.2 Å². The molecular formula is C29H33N4O2+. The van der Waals surface area contributed by atoms with Crippen molar-refractivity contribution in [2.24, 2.45) is 0 Å². The summed E-state index contributed by atoms with van der Waals surface area (Å²) in [5.41, 5.74) is 16.0. The lowest BCUT2D eigenvalue weighted by molar-refractivity contribution is -0.945. The van der Waals surface area contributed by atoms with Crippen molar-refractivity contribution in [1.29, 1.82) is 0 Å². The Bertz CT molecular complexity index is 1260. The molecule has 6 heteroatoms. The number of quaternary nitrogens is 1. The number of nitrogen functional groups attached to an aromatic ring is 2. The molecule has 180 valence electrons. The van der Waals surface area contributed by atoms with Crippen LogP contribution in [-0.2, 0) is 6.54 Å². The summed E-state index contributed by atoms with van der Waals surface area (Å²) in [5.74, 6) is -0.491. The van der Waals surface area contributed by atoms with E-state index in [1.165, 1.54) is 37.9 Å². The third kappa shape index (κ3) is 4.42. The van der Waals surface area contributed by atoms with E-state index in [4.69, 9.17) is 11.5 Å². The van der Waals surface area contributed by atoms with E-state index in [1.54, 1.807) is 18.2 Å². The van der Waals surface area contributed by atoms with Gasteiger partial charge < -0.3 is 21.3 Å². The normalized spacial score (nSPS) is 16.5. The van der Waals surface area contributed by atoms with Crippen LogP contribution < -0.4 is 16.8 Å². The van der Waals surface area contributed by atoms with Gasteiger partial charge in [0.15, 0.2) is 11.6 Å². The number of likely N-dealkylation sites (tertiary alicyclic amines) is 1. The standard InChI is InChI=1S/C29H32N4O2/c30-22-13-14-23(31)27-26(22)28(34)21-11-7-12-24(25(21)29(27)35)32-15-8-18-33(16-5-2-6-17-33)19-20-9-3-1-4-10-20/h1,3-4,7,9-14H,2,5-6,8,15-19H2,(H4-,30,31,32,34,35)/p+1. The lowest BCUT2D eigenvalue weighted by Gasteiger charge is -2.42. The molecule has 5 N–H and O–H groups in total. The summed E-state index contributed by atoms with van der Waals surface area (Å²) in [6.45, 7) is 5.29. The maximum Gasteiger partial charge on any atom is 0.198 e. The number of ketones is 2. The molecule has 3 aromatic carbocycles. The number of hydrogen-bond acceptors (Lipinski definition) is 5. The molecule has 6 nitrogen and oxygen atoms in total. The van der Waals surface area contributed by atoms with Crippen molar-refractivity contribution in [3.8, 4) is 0 Å². The van der Waals surface area contributed by atoms with Crippen LogP contribution in [0.4, 0.5) is 17.1 Å². The van der Waals surface area contributed by atoms with E-state index in [2.05, 4.69) is 35.6 Å². The van der Waals surface area contributed by atoms with Crippen molar-refractivity contribution in [1.82, 2.24) is 0 Å². The highest BCUT2D eigenvalue weighted by Gasteiger charge is 2.35. The van der Waals surface area contributed by atoms with Crippen LogP contribution in [0.15, 0.2) is 60.7 Å². The smallest absolute Gasteiger partial charge is 0.198 e. The molecule has 5 rings (SSSR count). The first-order chi connectivity index (χ1) is 17.0. The van der Waals surface area contributed by atoms with Gasteiger partial charge in [-0.15, -0.1) is 0 Å². The number of carbonyl (C=O) groups excluding carboxylic acids is 2. The molecule has 1 heterocycles. The highest BCUT2D eigenvalue weighted by atomic mass is 16.1. The summed E-state index contributed by atoms with van der Waals surface area (Å²) in [6.07, 6.45) is 4.83. The average molecular weight is 470 g/mol. The van der Waals surface area contributed by atoms with Crippen LogP contribution in [0, 0.1) is 0 Å². The zero-order chi connectivity index (χ0) is 24.4. The second kappa shape index (κ2) is 9.55. The summed E-state index contributed by atoms with van der Waals surface area (Å²) in [6, 6.07) is 19.3. The number of benzene rings is 3. The molecule has 0 unspecified atom stereocenters. The lowest BCUT2D eigenvalue weighted by atomic mass is 9.81. The summed E-state index contributed by atoms with van der Waals surface area (Å²) < 4.78 is 1.11. The molecular weight excluding hydrogens is 436 g/mol. The van der Waals surface area contributed by atoms with Crippen LogP contribution in [0.2, 0.25) is 0 Å². The Labute approximate surface area is 206 Å². The highest BCUT2D eigenvalue weighted by molar-refractivity contribution is 6.33. The van der Waals surface area contributed by atoms with E-state index in [0.29, 0.717) is 16.8 Å². The maximum atomic E-state index is 13.5. The quantitative estimate of drug-likeness (QED) is 0.208. The summed E-state index contributed by atoms with van der Waals surface area (Å²) in [7, 11) is 0. The van der Waals surface area contributed by atoms with Gasteiger partial charge in [0, 0.05) is 41.2 Å². The van der Waals surface area contributed by atoms with Gasteiger partial charge >= 0.3 is 0 Å². The van der Waals surface area contributed by atoms with Crippen LogP contribution in [0.1, 0.15) is 63.1 Å². The fourth-order valence-corrected chi connectivity index (χ4v) is 5.77. The number of rotatable bonds is 7. The van der Waals surface area contributed by atoms with Crippen molar-refractivity contribution in [3.05, 3.63) is 88.5 Å². The number of nitrogens with one attached hydrogen (secondary N) is 1. The summed E-state index contributed by atoms with van der Waals surface area (Å²) >= 11 is 0. The third-order valence-electron chi connectivity index (χ3n) is 7.51. The average Bonchev–Trinajstić information content (AvgIpc) is 2.87. The van der Waals surface area contributed by atoms with Crippen molar-refractivity contribution < 1.29 is 14.1 Å². The number of anilines is 3. The Kier molecular flexibility index (Phi) is 6.31. The molecule has 1 fully saturated rings. The number of fused-ring (bicyclic) bond motifs is 2. The summed E-state index contributed by atoms with van der Waals surface area (Å²) in [4.78, 5) is 26.7. The van der Waals surface area contributed by atoms with Gasteiger partial charge in [-0.25, -0.2) is 0 Å². The van der Waals surface area contributed by atoms with E-state index in [-0.39, 0.29) is 34.1 Å². The molecule has 3 aromatic rings. The van der Waals surface area contributed by atoms with Gasteiger partial charge in [-0.1, -0.05) is 42.5 Å². The topological polar surface area (TPSA) is 98.2 Å². The Hall–Kier alpha value is -3.64. The number of piperidine rings is 1. The first-order valence-corrected chi connectivity index (χ1v) is 12.5. The molecule has 2 aliphatic rings. The van der Waals surface area contributed by atoms with Gasteiger partial charge in [0.25, 0.3) is 0 Å².